The molecule has 4 rings (SSSR count). The second kappa shape index (κ2) is 8.55. The van der Waals surface area contributed by atoms with Gasteiger partial charge < -0.3 is 14.6 Å². The van der Waals surface area contributed by atoms with Crippen LogP contribution in [0.1, 0.15) is 66.6 Å². The highest BCUT2D eigenvalue weighted by molar-refractivity contribution is 5.94. The lowest BCUT2D eigenvalue weighted by molar-refractivity contribution is 0.0598. The monoisotopic (exact) mass is 411 g/mol. The van der Waals surface area contributed by atoms with Crippen LogP contribution in [-0.4, -0.2) is 56.9 Å². The van der Waals surface area contributed by atoms with E-state index in [0.717, 1.165) is 43.5 Å². The summed E-state index contributed by atoms with van der Waals surface area (Å²) in [6, 6.07) is 3.50. The summed E-state index contributed by atoms with van der Waals surface area (Å²) in [5, 5.41) is 0. The van der Waals surface area contributed by atoms with E-state index < -0.39 is 0 Å². The zero-order chi connectivity index (χ0) is 21.3. The van der Waals surface area contributed by atoms with Crippen LogP contribution in [0.2, 0.25) is 0 Å². The Kier molecular flexibility index (Phi) is 5.85. The molecule has 8 heteroatoms. The van der Waals surface area contributed by atoms with E-state index in [1.54, 1.807) is 18.3 Å². The molecule has 1 saturated heterocycles. The molecule has 4 heterocycles. The van der Waals surface area contributed by atoms with Crippen LogP contribution in [0.15, 0.2) is 23.1 Å². The Labute approximate surface area is 176 Å². The number of amides is 1. The van der Waals surface area contributed by atoms with Crippen LogP contribution in [0.3, 0.4) is 0 Å². The van der Waals surface area contributed by atoms with Gasteiger partial charge in [-0.2, -0.15) is 0 Å². The van der Waals surface area contributed by atoms with Gasteiger partial charge in [-0.15, -0.1) is 0 Å². The molecule has 8 nitrogen and oxygen atoms in total. The fraction of sp³-hybridized carbons (Fsp3) is 0.545. The predicted molar refractivity (Wildman–Crippen MR) is 113 cm³/mol. The van der Waals surface area contributed by atoms with E-state index in [0.29, 0.717) is 36.4 Å². The number of pyridine rings is 1. The van der Waals surface area contributed by atoms with Crippen LogP contribution in [0.5, 0.6) is 5.88 Å². The van der Waals surface area contributed by atoms with Crippen LogP contribution in [0.25, 0.3) is 0 Å². The van der Waals surface area contributed by atoms with E-state index in [-0.39, 0.29) is 17.5 Å². The molecule has 1 N–H and O–H groups in total. The highest BCUT2D eigenvalue weighted by Crippen LogP contribution is 2.31. The summed E-state index contributed by atoms with van der Waals surface area (Å²) in [6.07, 6.45) is 5.05. The lowest BCUT2D eigenvalue weighted by Crippen LogP contribution is -2.42. The molecule has 1 unspecified atom stereocenters. The van der Waals surface area contributed by atoms with Crippen molar-refractivity contribution in [2.24, 2.45) is 0 Å². The number of fused-ring (bicyclic) bond motifs is 1. The van der Waals surface area contributed by atoms with Crippen molar-refractivity contribution < 1.29 is 9.53 Å². The molecular weight excluding hydrogens is 382 g/mol. The zero-order valence-corrected chi connectivity index (χ0v) is 17.9. The van der Waals surface area contributed by atoms with Crippen LogP contribution in [0, 0.1) is 0 Å². The van der Waals surface area contributed by atoms with Crippen molar-refractivity contribution in [3.05, 3.63) is 51.3 Å². The number of ether oxygens (including phenoxy) is 1. The first-order chi connectivity index (χ1) is 14.5. The summed E-state index contributed by atoms with van der Waals surface area (Å²) >= 11 is 0. The third-order valence-electron chi connectivity index (χ3n) is 6.12. The third kappa shape index (κ3) is 3.96. The Morgan fingerprint density at radius 1 is 1.30 bits per heavy atom. The molecule has 2 aliphatic rings. The molecule has 0 bridgehead atoms. The Morgan fingerprint density at radius 3 is 2.90 bits per heavy atom. The molecule has 2 aromatic rings. The predicted octanol–water partition coefficient (Wildman–Crippen LogP) is 2.31. The Balaban J connectivity index is 1.64. The smallest absolute Gasteiger partial charge is 0.255 e. The molecule has 0 radical (unpaired) electrons. The topological polar surface area (TPSA) is 91.4 Å². The highest BCUT2D eigenvalue weighted by atomic mass is 16.5. The minimum Gasteiger partial charge on any atom is -0.481 e. The molecule has 1 amide bonds. The quantitative estimate of drug-likeness (QED) is 0.830. The molecule has 0 saturated carbocycles. The number of rotatable bonds is 4. The number of likely N-dealkylation sites (tertiary alicyclic amines) is 1. The molecule has 2 aromatic heterocycles. The number of H-pyrrole nitrogens is 1. The van der Waals surface area contributed by atoms with Crippen molar-refractivity contribution in [3.63, 3.8) is 0 Å². The first-order valence-electron chi connectivity index (χ1n) is 10.6. The molecule has 0 spiro atoms. The second-order valence-electron chi connectivity index (χ2n) is 8.29. The maximum atomic E-state index is 13.3. The van der Waals surface area contributed by atoms with Gasteiger partial charge in [0.25, 0.3) is 11.5 Å². The van der Waals surface area contributed by atoms with E-state index in [9.17, 15) is 9.59 Å². The van der Waals surface area contributed by atoms with Gasteiger partial charge in [0, 0.05) is 49.9 Å². The van der Waals surface area contributed by atoms with E-state index in [1.165, 1.54) is 7.11 Å². The normalized spacial score (nSPS) is 19.6. The third-order valence-corrected chi connectivity index (χ3v) is 6.12. The number of carbonyl (C=O) groups excluding carboxylic acids is 1. The molecule has 2 aliphatic heterocycles. The minimum atomic E-state index is -0.230. The van der Waals surface area contributed by atoms with Gasteiger partial charge >= 0.3 is 0 Å². The van der Waals surface area contributed by atoms with Gasteiger partial charge in [-0.25, -0.2) is 9.97 Å². The van der Waals surface area contributed by atoms with E-state index in [4.69, 9.17) is 9.72 Å². The standard InChI is InChI=1S/C22H29N5O3/c1-14(2)26-11-8-17-16(13-26)21(28)25-20(24-17)18-6-4-5-10-27(18)22(29)15-7-9-23-19(12-15)30-3/h7,9,12,14,18H,4-6,8,10-11,13H2,1-3H3,(H,24,25,28). The van der Waals surface area contributed by atoms with Gasteiger partial charge in [0.15, 0.2) is 0 Å². The van der Waals surface area contributed by atoms with Crippen molar-refractivity contribution in [1.82, 2.24) is 24.8 Å². The van der Waals surface area contributed by atoms with Gasteiger partial charge in [-0.3, -0.25) is 14.5 Å². The lowest BCUT2D eigenvalue weighted by Gasteiger charge is -2.36. The van der Waals surface area contributed by atoms with Gasteiger partial charge in [0.2, 0.25) is 5.88 Å². The maximum absolute atomic E-state index is 13.3. The van der Waals surface area contributed by atoms with Gasteiger partial charge in [-0.05, 0) is 39.2 Å². The van der Waals surface area contributed by atoms with Crippen LogP contribution >= 0.6 is 0 Å². The van der Waals surface area contributed by atoms with Crippen molar-refractivity contribution in [1.29, 1.82) is 0 Å². The van der Waals surface area contributed by atoms with Gasteiger partial charge in [0.05, 0.1) is 24.4 Å². The van der Waals surface area contributed by atoms with E-state index in [1.807, 2.05) is 4.90 Å². The minimum absolute atomic E-state index is 0.0797. The van der Waals surface area contributed by atoms with E-state index >= 15 is 0 Å². The fourth-order valence-corrected chi connectivity index (χ4v) is 4.34. The lowest BCUT2D eigenvalue weighted by atomic mass is 9.99. The number of nitrogens with zero attached hydrogens (tertiary/aromatic N) is 4. The van der Waals surface area contributed by atoms with Crippen molar-refractivity contribution in [3.8, 4) is 5.88 Å². The summed E-state index contributed by atoms with van der Waals surface area (Å²) in [4.78, 5) is 42.2. The summed E-state index contributed by atoms with van der Waals surface area (Å²) in [7, 11) is 1.53. The number of piperidine rings is 1. The number of carbonyl (C=O) groups is 1. The Hall–Kier alpha value is -2.74. The Morgan fingerprint density at radius 2 is 2.13 bits per heavy atom. The van der Waals surface area contributed by atoms with Crippen molar-refractivity contribution in [2.75, 3.05) is 20.2 Å². The molecule has 1 fully saturated rings. The fourth-order valence-electron chi connectivity index (χ4n) is 4.34. The van der Waals surface area contributed by atoms with Crippen molar-refractivity contribution >= 4 is 5.91 Å². The first-order valence-corrected chi connectivity index (χ1v) is 10.6. The number of nitrogens with one attached hydrogen (secondary N) is 1. The molecule has 30 heavy (non-hydrogen) atoms. The summed E-state index contributed by atoms with van der Waals surface area (Å²) in [6.45, 7) is 6.43. The molecule has 160 valence electrons. The number of hydrogen-bond donors (Lipinski definition) is 1. The SMILES string of the molecule is COc1cc(C(=O)N2CCCCC2c2nc3c(c(=O)[nH]2)CN(C(C)C)CC3)ccn1. The molecule has 0 aromatic carbocycles. The number of aromatic amines is 1. The van der Waals surface area contributed by atoms with Crippen LogP contribution in [0.4, 0.5) is 0 Å². The van der Waals surface area contributed by atoms with Gasteiger partial charge in [-0.1, -0.05) is 0 Å². The summed E-state index contributed by atoms with van der Waals surface area (Å²) < 4.78 is 5.16. The highest BCUT2D eigenvalue weighted by Gasteiger charge is 2.32. The van der Waals surface area contributed by atoms with Crippen molar-refractivity contribution in [2.45, 2.75) is 58.2 Å². The van der Waals surface area contributed by atoms with E-state index in [2.05, 4.69) is 28.7 Å². The first kappa shape index (κ1) is 20.5. The molecule has 1 atom stereocenters. The number of methoxy groups -OCH3 is 1. The molecular formula is C22H29N5O3. The average Bonchev–Trinajstić information content (AvgIpc) is 2.78. The largest absolute Gasteiger partial charge is 0.481 e. The molecule has 0 aliphatic carbocycles. The second-order valence-corrected chi connectivity index (χ2v) is 8.29. The Bertz CT molecular complexity index is 987. The zero-order valence-electron chi connectivity index (χ0n) is 17.9. The number of hydrogen-bond acceptors (Lipinski definition) is 6. The summed E-state index contributed by atoms with van der Waals surface area (Å²) in [5.41, 5.74) is 2.07. The number of aromatic nitrogens is 3. The van der Waals surface area contributed by atoms with Gasteiger partial charge in [0.1, 0.15) is 5.82 Å². The van der Waals surface area contributed by atoms with Crippen LogP contribution < -0.4 is 10.3 Å². The van der Waals surface area contributed by atoms with Crippen LogP contribution in [-0.2, 0) is 13.0 Å². The average molecular weight is 412 g/mol. The summed E-state index contributed by atoms with van der Waals surface area (Å²) in [5.74, 6) is 0.919. The maximum Gasteiger partial charge on any atom is 0.255 e.